The fourth-order valence-electron chi connectivity index (χ4n) is 1.47. The number of hydrogen-bond donors (Lipinski definition) is 1. The van der Waals surface area contributed by atoms with Crippen molar-refractivity contribution in [3.63, 3.8) is 0 Å². The van der Waals surface area contributed by atoms with Crippen LogP contribution >= 0.6 is 0 Å². The van der Waals surface area contributed by atoms with E-state index in [-0.39, 0.29) is 5.25 Å². The minimum atomic E-state index is -1.15. The van der Waals surface area contributed by atoms with E-state index in [0.29, 0.717) is 13.0 Å². The van der Waals surface area contributed by atoms with Gasteiger partial charge < -0.3 is 5.11 Å². The molecule has 5 heteroatoms. The van der Waals surface area contributed by atoms with Crippen molar-refractivity contribution in [1.82, 2.24) is 4.31 Å². The van der Waals surface area contributed by atoms with Crippen LogP contribution in [-0.4, -0.2) is 37.4 Å². The summed E-state index contributed by atoms with van der Waals surface area (Å²) >= 11 is 0. The minimum absolute atomic E-state index is 0.0000463. The second-order valence-corrected chi connectivity index (χ2v) is 5.43. The van der Waals surface area contributed by atoms with Crippen LogP contribution in [0.3, 0.4) is 0 Å². The second-order valence-electron chi connectivity index (χ2n) is 3.46. The Morgan fingerprint density at radius 3 is 2.69 bits per heavy atom. The Kier molecular flexibility index (Phi) is 3.44. The Balaban J connectivity index is 2.68. The number of nitrogens with zero attached hydrogens (tertiary/aromatic N) is 1. The van der Waals surface area contributed by atoms with Crippen molar-refractivity contribution in [3.8, 4) is 0 Å². The van der Waals surface area contributed by atoms with E-state index in [1.807, 2.05) is 13.8 Å². The maximum absolute atomic E-state index is 11.6. The van der Waals surface area contributed by atoms with E-state index in [4.69, 9.17) is 5.11 Å². The summed E-state index contributed by atoms with van der Waals surface area (Å²) in [7, 11) is -1.15. The van der Waals surface area contributed by atoms with E-state index in [9.17, 15) is 9.00 Å². The quantitative estimate of drug-likeness (QED) is 0.734. The summed E-state index contributed by atoms with van der Waals surface area (Å²) < 4.78 is 13.2. The smallest absolute Gasteiger partial charge is 0.321 e. The number of carbonyl (C=O) groups is 1. The van der Waals surface area contributed by atoms with E-state index < -0.39 is 23.0 Å². The molecule has 2 atom stereocenters. The number of aliphatic carboxylic acids is 1. The molecule has 0 spiro atoms. The summed E-state index contributed by atoms with van der Waals surface area (Å²) in [6.45, 7) is 4.32. The van der Waals surface area contributed by atoms with Crippen LogP contribution < -0.4 is 0 Å². The van der Waals surface area contributed by atoms with Crippen LogP contribution in [0.1, 0.15) is 26.7 Å². The largest absolute Gasteiger partial charge is 0.480 e. The first kappa shape index (κ1) is 10.7. The Hall–Kier alpha value is -0.420. The summed E-state index contributed by atoms with van der Waals surface area (Å²) in [6, 6.07) is -0.539. The molecule has 1 unspecified atom stereocenters. The number of hydrogen-bond acceptors (Lipinski definition) is 2. The van der Waals surface area contributed by atoms with Crippen molar-refractivity contribution >= 4 is 17.0 Å². The second kappa shape index (κ2) is 4.19. The molecule has 4 nitrogen and oxygen atoms in total. The molecule has 0 aromatic heterocycles. The lowest BCUT2D eigenvalue weighted by Crippen LogP contribution is -2.39. The van der Waals surface area contributed by atoms with Gasteiger partial charge in [-0.2, -0.15) is 0 Å². The van der Waals surface area contributed by atoms with Gasteiger partial charge in [0.15, 0.2) is 0 Å². The Morgan fingerprint density at radius 2 is 2.23 bits per heavy atom. The third-order valence-corrected chi connectivity index (χ3v) is 3.83. The molecule has 1 aliphatic rings. The highest BCUT2D eigenvalue weighted by Gasteiger charge is 2.34. The molecule has 1 saturated heterocycles. The third-order valence-electron chi connectivity index (χ3n) is 2.12. The highest BCUT2D eigenvalue weighted by atomic mass is 32.2. The lowest BCUT2D eigenvalue weighted by molar-refractivity contribution is -0.140. The summed E-state index contributed by atoms with van der Waals surface area (Å²) in [5.41, 5.74) is 0. The summed E-state index contributed by atoms with van der Waals surface area (Å²) in [5, 5.41) is 8.84. The molecule has 1 heterocycles. The van der Waals surface area contributed by atoms with Crippen molar-refractivity contribution in [3.05, 3.63) is 0 Å². The zero-order chi connectivity index (χ0) is 10.0. The predicted molar refractivity (Wildman–Crippen MR) is 50.6 cm³/mol. The molecule has 1 N–H and O–H groups in total. The molecular weight excluding hydrogens is 190 g/mol. The van der Waals surface area contributed by atoms with Gasteiger partial charge in [-0.05, 0) is 26.7 Å². The Morgan fingerprint density at radius 1 is 1.62 bits per heavy atom. The van der Waals surface area contributed by atoms with Gasteiger partial charge in [-0.3, -0.25) is 4.79 Å². The van der Waals surface area contributed by atoms with Crippen molar-refractivity contribution in [1.29, 1.82) is 0 Å². The zero-order valence-corrected chi connectivity index (χ0v) is 8.71. The van der Waals surface area contributed by atoms with Crippen molar-refractivity contribution in [2.24, 2.45) is 0 Å². The SMILES string of the molecule is CC(C)S(=O)N1CCC[C@@H]1C(=O)O. The van der Waals surface area contributed by atoms with Gasteiger partial charge in [0.25, 0.3) is 0 Å². The van der Waals surface area contributed by atoms with Gasteiger partial charge in [-0.15, -0.1) is 0 Å². The van der Waals surface area contributed by atoms with Gasteiger partial charge in [-0.25, -0.2) is 8.51 Å². The van der Waals surface area contributed by atoms with Gasteiger partial charge in [0.2, 0.25) is 0 Å². The number of carboxylic acid groups (broad SMARTS) is 1. The van der Waals surface area contributed by atoms with Gasteiger partial charge in [0.1, 0.15) is 6.04 Å². The van der Waals surface area contributed by atoms with E-state index in [2.05, 4.69) is 0 Å². The molecule has 0 bridgehead atoms. The molecule has 13 heavy (non-hydrogen) atoms. The van der Waals surface area contributed by atoms with Crippen molar-refractivity contribution < 1.29 is 14.1 Å². The lowest BCUT2D eigenvalue weighted by atomic mass is 10.2. The summed E-state index contributed by atoms with van der Waals surface area (Å²) in [4.78, 5) is 10.8. The predicted octanol–water partition coefficient (Wildman–Crippen LogP) is 0.607. The van der Waals surface area contributed by atoms with Crippen LogP contribution in [-0.2, 0) is 15.8 Å². The minimum Gasteiger partial charge on any atom is -0.480 e. The fourth-order valence-corrected chi connectivity index (χ4v) is 2.77. The normalized spacial score (nSPS) is 26.5. The average molecular weight is 205 g/mol. The fraction of sp³-hybridized carbons (Fsp3) is 0.875. The molecule has 0 aromatic rings. The van der Waals surface area contributed by atoms with Crippen LogP contribution in [0.2, 0.25) is 0 Å². The van der Waals surface area contributed by atoms with Gasteiger partial charge in [-0.1, -0.05) is 0 Å². The molecule has 0 amide bonds. The summed E-state index contributed by atoms with van der Waals surface area (Å²) in [6.07, 6.45) is 1.45. The van der Waals surface area contributed by atoms with E-state index in [1.54, 1.807) is 4.31 Å². The van der Waals surface area contributed by atoms with E-state index in [0.717, 1.165) is 6.42 Å². The third kappa shape index (κ3) is 2.28. The zero-order valence-electron chi connectivity index (χ0n) is 7.90. The maximum Gasteiger partial charge on any atom is 0.321 e. The molecule has 1 fully saturated rings. The van der Waals surface area contributed by atoms with Crippen LogP contribution in [0.25, 0.3) is 0 Å². The first-order chi connectivity index (χ1) is 6.04. The molecule has 0 aliphatic carbocycles. The van der Waals surface area contributed by atoms with Gasteiger partial charge in [0.05, 0.1) is 11.0 Å². The van der Waals surface area contributed by atoms with Crippen LogP contribution in [0.15, 0.2) is 0 Å². The topological polar surface area (TPSA) is 57.6 Å². The van der Waals surface area contributed by atoms with Crippen LogP contribution in [0.5, 0.6) is 0 Å². The molecule has 1 aliphatic heterocycles. The molecule has 0 saturated carbocycles. The molecule has 0 radical (unpaired) electrons. The first-order valence-electron chi connectivity index (χ1n) is 4.44. The van der Waals surface area contributed by atoms with E-state index >= 15 is 0 Å². The Bertz CT molecular complexity index is 229. The van der Waals surface area contributed by atoms with E-state index in [1.165, 1.54) is 0 Å². The van der Waals surface area contributed by atoms with Gasteiger partial charge in [0, 0.05) is 11.8 Å². The first-order valence-corrected chi connectivity index (χ1v) is 5.61. The molecule has 0 aromatic carbocycles. The van der Waals surface area contributed by atoms with Crippen LogP contribution in [0.4, 0.5) is 0 Å². The van der Waals surface area contributed by atoms with Crippen molar-refractivity contribution in [2.45, 2.75) is 38.0 Å². The highest BCUT2D eigenvalue weighted by molar-refractivity contribution is 7.83. The summed E-state index contributed by atoms with van der Waals surface area (Å²) in [5.74, 6) is -0.855. The highest BCUT2D eigenvalue weighted by Crippen LogP contribution is 2.20. The molecule has 76 valence electrons. The monoisotopic (exact) mass is 205 g/mol. The standard InChI is InChI=1S/C8H15NO3S/c1-6(2)13(12)9-5-3-4-7(9)8(10)11/h6-7H,3-5H2,1-2H3,(H,10,11)/t7-,13?/m1/s1. The average Bonchev–Trinajstić information content (AvgIpc) is 2.50. The van der Waals surface area contributed by atoms with Crippen LogP contribution in [0, 0.1) is 0 Å². The number of carboxylic acids is 1. The van der Waals surface area contributed by atoms with Crippen molar-refractivity contribution in [2.75, 3.05) is 6.54 Å². The molecule has 1 rings (SSSR count). The Labute approximate surface area is 80.5 Å². The molecular formula is C8H15NO3S. The lowest BCUT2D eigenvalue weighted by Gasteiger charge is -2.21. The number of rotatable bonds is 3. The van der Waals surface area contributed by atoms with Gasteiger partial charge >= 0.3 is 5.97 Å². The maximum atomic E-state index is 11.6.